The summed E-state index contributed by atoms with van der Waals surface area (Å²) in [4.78, 5) is 7.52. The molecule has 4 heteroatoms. The Kier molecular flexibility index (Phi) is 5.30. The summed E-state index contributed by atoms with van der Waals surface area (Å²) in [5.74, 6) is 1.68. The summed E-state index contributed by atoms with van der Waals surface area (Å²) in [7, 11) is 0. The van der Waals surface area contributed by atoms with E-state index >= 15 is 0 Å². The molecule has 0 spiro atoms. The van der Waals surface area contributed by atoms with Gasteiger partial charge in [-0.25, -0.2) is 4.98 Å². The van der Waals surface area contributed by atoms with E-state index in [9.17, 15) is 0 Å². The zero-order chi connectivity index (χ0) is 14.7. The summed E-state index contributed by atoms with van der Waals surface area (Å²) < 4.78 is 0. The van der Waals surface area contributed by atoms with E-state index in [1.54, 1.807) is 0 Å². The zero-order valence-corrected chi connectivity index (χ0v) is 14.3. The van der Waals surface area contributed by atoms with Crippen LogP contribution in [0.15, 0.2) is 5.38 Å². The molecular weight excluding hydrogens is 278 g/mol. The summed E-state index contributed by atoms with van der Waals surface area (Å²) in [5.41, 5.74) is 1.28. The van der Waals surface area contributed by atoms with Gasteiger partial charge in [-0.15, -0.1) is 11.3 Å². The van der Waals surface area contributed by atoms with Gasteiger partial charge in [0.2, 0.25) is 0 Å². The highest BCUT2D eigenvalue weighted by Gasteiger charge is 2.35. The maximum atomic E-state index is 4.82. The van der Waals surface area contributed by atoms with Crippen LogP contribution in [0, 0.1) is 11.8 Å². The van der Waals surface area contributed by atoms with Crippen LogP contribution in [-0.4, -0.2) is 29.0 Å². The Morgan fingerprint density at radius 1 is 1.33 bits per heavy atom. The molecule has 1 aliphatic carbocycles. The van der Waals surface area contributed by atoms with Crippen molar-refractivity contribution in [2.75, 3.05) is 13.1 Å². The minimum Gasteiger partial charge on any atom is -0.310 e. The first-order chi connectivity index (χ1) is 10.2. The smallest absolute Gasteiger partial charge is 0.107 e. The second-order valence-corrected chi connectivity index (χ2v) is 8.07. The molecule has 3 rings (SSSR count). The quantitative estimate of drug-likeness (QED) is 0.869. The van der Waals surface area contributed by atoms with Crippen molar-refractivity contribution in [2.24, 2.45) is 11.8 Å². The number of nitrogens with zero attached hydrogens (tertiary/aromatic N) is 2. The minimum absolute atomic E-state index is 0.706. The molecule has 1 saturated heterocycles. The molecule has 118 valence electrons. The number of rotatable bonds is 6. The number of hydrogen-bond donors (Lipinski definition) is 1. The van der Waals surface area contributed by atoms with Gasteiger partial charge in [0.25, 0.3) is 0 Å². The lowest BCUT2D eigenvalue weighted by atomic mass is 9.85. The highest BCUT2D eigenvalue weighted by atomic mass is 32.1. The van der Waals surface area contributed by atoms with Crippen molar-refractivity contribution in [1.82, 2.24) is 15.2 Å². The minimum atomic E-state index is 0.706. The first-order valence-corrected chi connectivity index (χ1v) is 9.48. The van der Waals surface area contributed by atoms with Gasteiger partial charge in [-0.2, -0.15) is 0 Å². The Morgan fingerprint density at radius 2 is 2.19 bits per heavy atom. The SMILES string of the molecule is CC(C)CNCc1nc(CN2CCC3CCCCC32)cs1. The van der Waals surface area contributed by atoms with Crippen LogP contribution < -0.4 is 5.32 Å². The Labute approximate surface area is 133 Å². The molecule has 2 unspecified atom stereocenters. The van der Waals surface area contributed by atoms with E-state index in [1.165, 1.54) is 49.4 Å². The summed E-state index contributed by atoms with van der Waals surface area (Å²) in [6, 6.07) is 0.850. The Hall–Kier alpha value is -0.450. The third-order valence-corrected chi connectivity index (χ3v) is 5.82. The number of aromatic nitrogens is 1. The summed E-state index contributed by atoms with van der Waals surface area (Å²) in [6.45, 7) is 8.85. The molecule has 2 fully saturated rings. The van der Waals surface area contributed by atoms with Gasteiger partial charge in [-0.05, 0) is 44.2 Å². The van der Waals surface area contributed by atoms with Gasteiger partial charge >= 0.3 is 0 Å². The lowest BCUT2D eigenvalue weighted by molar-refractivity contribution is 0.174. The van der Waals surface area contributed by atoms with Crippen molar-refractivity contribution >= 4 is 11.3 Å². The molecule has 21 heavy (non-hydrogen) atoms. The monoisotopic (exact) mass is 307 g/mol. The molecule has 2 heterocycles. The molecule has 1 aliphatic heterocycles. The number of fused-ring (bicyclic) bond motifs is 1. The standard InChI is InChI=1S/C17H29N3S/c1-13(2)9-18-10-17-19-15(12-21-17)11-20-8-7-14-5-3-4-6-16(14)20/h12-14,16,18H,3-11H2,1-2H3. The fourth-order valence-corrected chi connectivity index (χ4v) is 4.63. The normalized spacial score (nSPS) is 26.4. The van der Waals surface area contributed by atoms with E-state index in [0.29, 0.717) is 5.92 Å². The fourth-order valence-electron chi connectivity index (χ4n) is 3.88. The molecule has 0 bridgehead atoms. The molecule has 1 saturated carbocycles. The van der Waals surface area contributed by atoms with Crippen molar-refractivity contribution in [2.45, 2.75) is 65.1 Å². The van der Waals surface area contributed by atoms with Crippen LogP contribution in [0.1, 0.15) is 56.7 Å². The average Bonchev–Trinajstić information content (AvgIpc) is 3.07. The van der Waals surface area contributed by atoms with Gasteiger partial charge in [-0.3, -0.25) is 4.90 Å². The van der Waals surface area contributed by atoms with Crippen LogP contribution in [0.3, 0.4) is 0 Å². The lowest BCUT2D eigenvalue weighted by Gasteiger charge is -2.31. The molecule has 2 aliphatic rings. The van der Waals surface area contributed by atoms with Gasteiger partial charge in [0.15, 0.2) is 0 Å². The topological polar surface area (TPSA) is 28.2 Å². The molecular formula is C17H29N3S. The maximum absolute atomic E-state index is 4.82. The van der Waals surface area contributed by atoms with E-state index in [-0.39, 0.29) is 0 Å². The predicted octanol–water partition coefficient (Wildman–Crippen LogP) is 3.65. The first kappa shape index (κ1) is 15.4. The van der Waals surface area contributed by atoms with E-state index in [0.717, 1.165) is 31.6 Å². The van der Waals surface area contributed by atoms with Gasteiger partial charge in [-0.1, -0.05) is 26.7 Å². The third kappa shape index (κ3) is 4.05. The molecule has 1 aromatic rings. The summed E-state index contributed by atoms with van der Waals surface area (Å²) in [6.07, 6.45) is 7.17. The second kappa shape index (κ2) is 7.21. The van der Waals surface area contributed by atoms with Gasteiger partial charge < -0.3 is 5.32 Å². The maximum Gasteiger partial charge on any atom is 0.107 e. The second-order valence-electron chi connectivity index (χ2n) is 7.13. The van der Waals surface area contributed by atoms with E-state index in [4.69, 9.17) is 4.98 Å². The third-order valence-electron chi connectivity index (χ3n) is 4.92. The molecule has 0 amide bonds. The Bertz CT molecular complexity index is 443. The van der Waals surface area contributed by atoms with Crippen LogP contribution in [0.25, 0.3) is 0 Å². The van der Waals surface area contributed by atoms with E-state index in [1.807, 2.05) is 11.3 Å². The largest absolute Gasteiger partial charge is 0.310 e. The number of likely N-dealkylation sites (tertiary alicyclic amines) is 1. The van der Waals surface area contributed by atoms with Gasteiger partial charge in [0, 0.05) is 24.5 Å². The molecule has 3 nitrogen and oxygen atoms in total. The first-order valence-electron chi connectivity index (χ1n) is 8.60. The fraction of sp³-hybridized carbons (Fsp3) is 0.824. The summed E-state index contributed by atoms with van der Waals surface area (Å²) in [5, 5.41) is 6.99. The van der Waals surface area contributed by atoms with Crippen molar-refractivity contribution in [3.63, 3.8) is 0 Å². The van der Waals surface area contributed by atoms with Crippen molar-refractivity contribution in [3.8, 4) is 0 Å². The highest BCUT2D eigenvalue weighted by molar-refractivity contribution is 7.09. The molecule has 0 radical (unpaired) electrons. The van der Waals surface area contributed by atoms with E-state index in [2.05, 4.69) is 29.4 Å². The van der Waals surface area contributed by atoms with Crippen LogP contribution in [0.4, 0.5) is 0 Å². The van der Waals surface area contributed by atoms with Gasteiger partial charge in [0.1, 0.15) is 5.01 Å². The number of nitrogens with one attached hydrogen (secondary N) is 1. The highest BCUT2D eigenvalue weighted by Crippen LogP contribution is 2.36. The van der Waals surface area contributed by atoms with E-state index < -0.39 is 0 Å². The molecule has 2 atom stereocenters. The van der Waals surface area contributed by atoms with Crippen molar-refractivity contribution < 1.29 is 0 Å². The summed E-state index contributed by atoms with van der Waals surface area (Å²) >= 11 is 1.81. The Morgan fingerprint density at radius 3 is 3.05 bits per heavy atom. The zero-order valence-electron chi connectivity index (χ0n) is 13.5. The molecule has 0 aromatic carbocycles. The van der Waals surface area contributed by atoms with Crippen molar-refractivity contribution in [3.05, 3.63) is 16.1 Å². The van der Waals surface area contributed by atoms with Crippen LogP contribution in [0.5, 0.6) is 0 Å². The predicted molar refractivity (Wildman–Crippen MR) is 89.4 cm³/mol. The molecule has 1 aromatic heterocycles. The lowest BCUT2D eigenvalue weighted by Crippen LogP contribution is -2.34. The van der Waals surface area contributed by atoms with Crippen LogP contribution in [0.2, 0.25) is 0 Å². The van der Waals surface area contributed by atoms with Crippen LogP contribution >= 0.6 is 11.3 Å². The molecule has 1 N–H and O–H groups in total. The Balaban J connectivity index is 1.50. The van der Waals surface area contributed by atoms with Crippen LogP contribution in [-0.2, 0) is 13.1 Å². The van der Waals surface area contributed by atoms with Crippen molar-refractivity contribution in [1.29, 1.82) is 0 Å². The van der Waals surface area contributed by atoms with Gasteiger partial charge in [0.05, 0.1) is 5.69 Å². The number of thiazole rings is 1. The number of hydrogen-bond acceptors (Lipinski definition) is 4. The average molecular weight is 308 g/mol.